The SMILES string of the molecule is CC(C)C(=O)NC1CCN(C(C)(C)C)CC1. The number of hydrogen-bond donors (Lipinski definition) is 1. The summed E-state index contributed by atoms with van der Waals surface area (Å²) in [6.45, 7) is 12.8. The van der Waals surface area contributed by atoms with E-state index in [0.717, 1.165) is 25.9 Å². The normalized spacial score (nSPS) is 20.1. The average Bonchev–Trinajstić information content (AvgIpc) is 2.17. The molecule has 3 heteroatoms. The topological polar surface area (TPSA) is 32.3 Å². The van der Waals surface area contributed by atoms with Gasteiger partial charge in [0, 0.05) is 30.6 Å². The van der Waals surface area contributed by atoms with E-state index >= 15 is 0 Å². The molecule has 0 aromatic rings. The summed E-state index contributed by atoms with van der Waals surface area (Å²) >= 11 is 0. The highest BCUT2D eigenvalue weighted by Crippen LogP contribution is 2.20. The molecule has 1 N–H and O–H groups in total. The molecule has 1 aliphatic rings. The van der Waals surface area contributed by atoms with Crippen molar-refractivity contribution >= 4 is 5.91 Å². The zero-order chi connectivity index (χ0) is 12.3. The Bertz CT molecular complexity index is 235. The molecule has 16 heavy (non-hydrogen) atoms. The third-order valence-corrected chi connectivity index (χ3v) is 3.31. The lowest BCUT2D eigenvalue weighted by molar-refractivity contribution is -0.125. The van der Waals surface area contributed by atoms with Crippen LogP contribution in [0.2, 0.25) is 0 Å². The first kappa shape index (κ1) is 13.5. The fourth-order valence-electron chi connectivity index (χ4n) is 2.06. The van der Waals surface area contributed by atoms with Crippen molar-refractivity contribution in [2.75, 3.05) is 13.1 Å². The molecule has 0 aromatic heterocycles. The molecule has 0 unspecified atom stereocenters. The van der Waals surface area contributed by atoms with Crippen molar-refractivity contribution < 1.29 is 4.79 Å². The molecule has 1 amide bonds. The molecular weight excluding hydrogens is 200 g/mol. The molecule has 1 rings (SSSR count). The van der Waals surface area contributed by atoms with Gasteiger partial charge in [0.05, 0.1) is 0 Å². The van der Waals surface area contributed by atoms with Crippen LogP contribution in [0.25, 0.3) is 0 Å². The van der Waals surface area contributed by atoms with Gasteiger partial charge in [0.2, 0.25) is 5.91 Å². The molecule has 1 heterocycles. The van der Waals surface area contributed by atoms with E-state index in [9.17, 15) is 4.79 Å². The standard InChI is InChI=1S/C13H26N2O/c1-10(2)12(16)14-11-6-8-15(9-7-11)13(3,4)5/h10-11H,6-9H2,1-5H3,(H,14,16). The van der Waals surface area contributed by atoms with Crippen molar-refractivity contribution in [3.05, 3.63) is 0 Å². The Morgan fingerprint density at radius 3 is 2.12 bits per heavy atom. The minimum atomic E-state index is 0.0978. The van der Waals surface area contributed by atoms with Crippen molar-refractivity contribution in [2.45, 2.75) is 59.0 Å². The molecule has 0 aliphatic carbocycles. The Balaban J connectivity index is 2.35. The van der Waals surface area contributed by atoms with E-state index < -0.39 is 0 Å². The van der Waals surface area contributed by atoms with Gasteiger partial charge in [0.25, 0.3) is 0 Å². The number of carbonyl (C=O) groups excluding carboxylic acids is 1. The van der Waals surface area contributed by atoms with Gasteiger partial charge in [0.1, 0.15) is 0 Å². The van der Waals surface area contributed by atoms with E-state index in [2.05, 4.69) is 31.0 Å². The third-order valence-electron chi connectivity index (χ3n) is 3.31. The maximum absolute atomic E-state index is 11.6. The van der Waals surface area contributed by atoms with E-state index in [1.165, 1.54) is 0 Å². The smallest absolute Gasteiger partial charge is 0.222 e. The van der Waals surface area contributed by atoms with Gasteiger partial charge in [-0.05, 0) is 33.6 Å². The van der Waals surface area contributed by atoms with E-state index in [-0.39, 0.29) is 17.4 Å². The summed E-state index contributed by atoms with van der Waals surface area (Å²) in [5.41, 5.74) is 0.257. The summed E-state index contributed by atoms with van der Waals surface area (Å²) in [6, 6.07) is 0.383. The van der Waals surface area contributed by atoms with E-state index in [0.29, 0.717) is 6.04 Å². The lowest BCUT2D eigenvalue weighted by Gasteiger charge is -2.41. The van der Waals surface area contributed by atoms with Gasteiger partial charge in [-0.15, -0.1) is 0 Å². The predicted molar refractivity (Wildman–Crippen MR) is 67.3 cm³/mol. The molecule has 0 saturated carbocycles. The van der Waals surface area contributed by atoms with Crippen LogP contribution in [0.5, 0.6) is 0 Å². The Morgan fingerprint density at radius 1 is 1.25 bits per heavy atom. The summed E-state index contributed by atoms with van der Waals surface area (Å²) < 4.78 is 0. The maximum atomic E-state index is 11.6. The van der Waals surface area contributed by atoms with Crippen molar-refractivity contribution in [2.24, 2.45) is 5.92 Å². The summed E-state index contributed by atoms with van der Waals surface area (Å²) in [5.74, 6) is 0.287. The molecule has 0 aromatic carbocycles. The summed E-state index contributed by atoms with van der Waals surface area (Å²) in [7, 11) is 0. The number of carbonyl (C=O) groups is 1. The van der Waals surface area contributed by atoms with Gasteiger partial charge < -0.3 is 5.32 Å². The number of nitrogens with one attached hydrogen (secondary N) is 1. The maximum Gasteiger partial charge on any atom is 0.222 e. The van der Waals surface area contributed by atoms with Crippen molar-refractivity contribution in [3.8, 4) is 0 Å². The lowest BCUT2D eigenvalue weighted by atomic mass is 9.97. The van der Waals surface area contributed by atoms with Gasteiger partial charge in [-0.2, -0.15) is 0 Å². The quantitative estimate of drug-likeness (QED) is 0.781. The molecule has 94 valence electrons. The van der Waals surface area contributed by atoms with Gasteiger partial charge in [-0.3, -0.25) is 9.69 Å². The number of nitrogens with zero attached hydrogens (tertiary/aromatic N) is 1. The van der Waals surface area contributed by atoms with Crippen LogP contribution in [0.3, 0.4) is 0 Å². The second-order valence-corrected chi connectivity index (χ2v) is 6.10. The van der Waals surface area contributed by atoms with Crippen LogP contribution in [0.1, 0.15) is 47.5 Å². The highest BCUT2D eigenvalue weighted by Gasteiger charge is 2.27. The fourth-order valence-corrected chi connectivity index (χ4v) is 2.06. The molecule has 1 fully saturated rings. The van der Waals surface area contributed by atoms with Crippen LogP contribution in [-0.4, -0.2) is 35.5 Å². The molecule has 0 atom stereocenters. The molecule has 0 spiro atoms. The van der Waals surface area contributed by atoms with Gasteiger partial charge in [-0.1, -0.05) is 13.8 Å². The zero-order valence-electron chi connectivity index (χ0n) is 11.3. The second-order valence-electron chi connectivity index (χ2n) is 6.10. The minimum absolute atomic E-state index is 0.0978. The van der Waals surface area contributed by atoms with Crippen LogP contribution >= 0.6 is 0 Å². The number of piperidine rings is 1. The Morgan fingerprint density at radius 2 is 1.75 bits per heavy atom. The molecule has 1 saturated heterocycles. The highest BCUT2D eigenvalue weighted by atomic mass is 16.1. The monoisotopic (exact) mass is 226 g/mol. The fraction of sp³-hybridized carbons (Fsp3) is 0.923. The van der Waals surface area contributed by atoms with Gasteiger partial charge in [-0.25, -0.2) is 0 Å². The van der Waals surface area contributed by atoms with Crippen LogP contribution in [0.4, 0.5) is 0 Å². The lowest BCUT2D eigenvalue weighted by Crippen LogP contribution is -2.51. The zero-order valence-corrected chi connectivity index (χ0v) is 11.3. The highest BCUT2D eigenvalue weighted by molar-refractivity contribution is 5.78. The van der Waals surface area contributed by atoms with Gasteiger partial charge in [0.15, 0.2) is 0 Å². The number of hydrogen-bond acceptors (Lipinski definition) is 2. The molecule has 0 radical (unpaired) electrons. The summed E-state index contributed by atoms with van der Waals surface area (Å²) in [6.07, 6.45) is 2.16. The Kier molecular flexibility index (Phi) is 4.36. The first-order chi connectivity index (χ1) is 7.30. The molecule has 0 bridgehead atoms. The average molecular weight is 226 g/mol. The summed E-state index contributed by atoms with van der Waals surface area (Å²) in [5, 5.41) is 3.12. The number of amides is 1. The Hall–Kier alpha value is -0.570. The van der Waals surface area contributed by atoms with E-state index in [1.54, 1.807) is 0 Å². The number of likely N-dealkylation sites (tertiary alicyclic amines) is 1. The number of rotatable bonds is 2. The predicted octanol–water partition coefficient (Wildman–Crippen LogP) is 2.02. The molecule has 1 aliphatic heterocycles. The van der Waals surface area contributed by atoms with Crippen LogP contribution in [0, 0.1) is 5.92 Å². The van der Waals surface area contributed by atoms with Crippen molar-refractivity contribution in [1.82, 2.24) is 10.2 Å². The van der Waals surface area contributed by atoms with Crippen molar-refractivity contribution in [1.29, 1.82) is 0 Å². The third kappa shape index (κ3) is 3.78. The van der Waals surface area contributed by atoms with E-state index in [4.69, 9.17) is 0 Å². The van der Waals surface area contributed by atoms with Crippen LogP contribution < -0.4 is 5.32 Å². The molecular formula is C13H26N2O. The first-order valence-electron chi connectivity index (χ1n) is 6.36. The van der Waals surface area contributed by atoms with Crippen LogP contribution in [0.15, 0.2) is 0 Å². The first-order valence-corrected chi connectivity index (χ1v) is 6.36. The largest absolute Gasteiger partial charge is 0.353 e. The second kappa shape index (κ2) is 5.17. The minimum Gasteiger partial charge on any atom is -0.353 e. The van der Waals surface area contributed by atoms with Gasteiger partial charge >= 0.3 is 0 Å². The van der Waals surface area contributed by atoms with Crippen molar-refractivity contribution in [3.63, 3.8) is 0 Å². The summed E-state index contributed by atoms with van der Waals surface area (Å²) in [4.78, 5) is 14.1. The van der Waals surface area contributed by atoms with Crippen LogP contribution in [-0.2, 0) is 4.79 Å². The Labute approximate surface area is 99.6 Å². The molecule has 3 nitrogen and oxygen atoms in total. The van der Waals surface area contributed by atoms with E-state index in [1.807, 2.05) is 13.8 Å².